The van der Waals surface area contributed by atoms with Crippen molar-refractivity contribution in [2.45, 2.75) is 26.2 Å². The number of hydrogen-bond acceptors (Lipinski definition) is 3. The van der Waals surface area contributed by atoms with Crippen molar-refractivity contribution in [3.63, 3.8) is 0 Å². The van der Waals surface area contributed by atoms with Gasteiger partial charge in [0.15, 0.2) is 0 Å². The molecule has 0 fully saturated rings. The first-order chi connectivity index (χ1) is 9.95. The van der Waals surface area contributed by atoms with E-state index in [4.69, 9.17) is 0 Å². The van der Waals surface area contributed by atoms with Gasteiger partial charge in [0.05, 0.1) is 5.69 Å². The summed E-state index contributed by atoms with van der Waals surface area (Å²) >= 11 is 0. The third kappa shape index (κ3) is 2.57. The molecule has 0 saturated carbocycles. The number of nitrogens with one attached hydrogen (secondary N) is 1. The zero-order chi connectivity index (χ0) is 15.0. The minimum absolute atomic E-state index is 0.134. The van der Waals surface area contributed by atoms with Crippen LogP contribution < -0.4 is 5.56 Å². The average molecular weight is 279 g/mol. The normalized spacial score (nSPS) is 11.8. The summed E-state index contributed by atoms with van der Waals surface area (Å²) in [5.74, 6) is 0.686. The Hall–Kier alpha value is -2.49. The SMILES string of the molecule is CC(C)(C)c1nc(-c2cccc3ccncc23)cc(=O)[nH]1. The van der Waals surface area contributed by atoms with E-state index >= 15 is 0 Å². The molecule has 4 heteroatoms. The fraction of sp³-hybridized carbons (Fsp3) is 0.235. The average Bonchev–Trinajstić information content (AvgIpc) is 2.45. The second-order valence-corrected chi connectivity index (χ2v) is 6.13. The minimum Gasteiger partial charge on any atom is -0.310 e. The minimum atomic E-state index is -0.210. The smallest absolute Gasteiger partial charge is 0.251 e. The number of aromatic amines is 1. The molecule has 0 atom stereocenters. The summed E-state index contributed by atoms with van der Waals surface area (Å²) in [6.07, 6.45) is 3.57. The van der Waals surface area contributed by atoms with Gasteiger partial charge in [-0.2, -0.15) is 0 Å². The highest BCUT2D eigenvalue weighted by Gasteiger charge is 2.18. The maximum Gasteiger partial charge on any atom is 0.251 e. The van der Waals surface area contributed by atoms with Gasteiger partial charge in [-0.15, -0.1) is 0 Å². The summed E-state index contributed by atoms with van der Waals surface area (Å²) < 4.78 is 0. The molecule has 1 N–H and O–H groups in total. The van der Waals surface area contributed by atoms with Crippen LogP contribution in [0.3, 0.4) is 0 Å². The standard InChI is InChI=1S/C17H17N3O/c1-17(2,3)16-19-14(9-15(21)20-16)12-6-4-5-11-7-8-18-10-13(11)12/h4-10H,1-3H3,(H,19,20,21). The highest BCUT2D eigenvalue weighted by atomic mass is 16.1. The van der Waals surface area contributed by atoms with Gasteiger partial charge in [-0.3, -0.25) is 9.78 Å². The van der Waals surface area contributed by atoms with Crippen molar-refractivity contribution in [2.24, 2.45) is 0 Å². The van der Waals surface area contributed by atoms with Crippen LogP contribution in [0, 0.1) is 0 Å². The molecular weight excluding hydrogens is 262 g/mol. The van der Waals surface area contributed by atoms with E-state index in [1.807, 2.05) is 51.2 Å². The van der Waals surface area contributed by atoms with Crippen molar-refractivity contribution in [3.8, 4) is 11.3 Å². The largest absolute Gasteiger partial charge is 0.310 e. The first-order valence-corrected chi connectivity index (χ1v) is 6.90. The van der Waals surface area contributed by atoms with Gasteiger partial charge in [0.25, 0.3) is 5.56 Å². The van der Waals surface area contributed by atoms with Crippen LogP contribution in [-0.4, -0.2) is 15.0 Å². The van der Waals surface area contributed by atoms with Gasteiger partial charge in [-0.1, -0.05) is 39.0 Å². The molecule has 0 amide bonds. The van der Waals surface area contributed by atoms with Crippen LogP contribution in [0.5, 0.6) is 0 Å². The van der Waals surface area contributed by atoms with Gasteiger partial charge in [-0.25, -0.2) is 4.98 Å². The van der Waals surface area contributed by atoms with Gasteiger partial charge in [0.2, 0.25) is 0 Å². The number of rotatable bonds is 1. The number of hydrogen-bond donors (Lipinski definition) is 1. The van der Waals surface area contributed by atoms with Crippen LogP contribution in [0.25, 0.3) is 22.0 Å². The summed E-state index contributed by atoms with van der Waals surface area (Å²) in [5, 5.41) is 2.08. The van der Waals surface area contributed by atoms with Crippen molar-refractivity contribution < 1.29 is 0 Å². The number of benzene rings is 1. The van der Waals surface area contributed by atoms with Crippen molar-refractivity contribution in [2.75, 3.05) is 0 Å². The van der Waals surface area contributed by atoms with E-state index in [0.717, 1.165) is 16.3 Å². The molecule has 0 unspecified atom stereocenters. The third-order valence-electron chi connectivity index (χ3n) is 3.41. The fourth-order valence-corrected chi connectivity index (χ4v) is 2.29. The molecule has 0 aliphatic carbocycles. The number of nitrogens with zero attached hydrogens (tertiary/aromatic N) is 2. The molecule has 0 radical (unpaired) electrons. The number of fused-ring (bicyclic) bond motifs is 1. The van der Waals surface area contributed by atoms with Gasteiger partial charge in [0.1, 0.15) is 5.82 Å². The molecule has 2 aromatic heterocycles. The lowest BCUT2D eigenvalue weighted by atomic mass is 9.95. The molecule has 0 bridgehead atoms. The van der Waals surface area contributed by atoms with Crippen molar-refractivity contribution in [1.29, 1.82) is 0 Å². The van der Waals surface area contributed by atoms with Crippen molar-refractivity contribution in [1.82, 2.24) is 15.0 Å². The molecule has 0 aliphatic heterocycles. The predicted octanol–water partition coefficient (Wildman–Crippen LogP) is 3.28. The summed E-state index contributed by atoms with van der Waals surface area (Å²) in [5.41, 5.74) is 1.27. The van der Waals surface area contributed by atoms with Crippen LogP contribution in [0.4, 0.5) is 0 Å². The van der Waals surface area contributed by atoms with E-state index in [-0.39, 0.29) is 11.0 Å². The molecular formula is C17H17N3O. The second kappa shape index (κ2) is 4.81. The first-order valence-electron chi connectivity index (χ1n) is 6.90. The number of aromatic nitrogens is 3. The summed E-state index contributed by atoms with van der Waals surface area (Å²) in [6.45, 7) is 6.08. The van der Waals surface area contributed by atoms with Gasteiger partial charge < -0.3 is 4.98 Å². The first kappa shape index (κ1) is 13.5. The maximum atomic E-state index is 12.0. The van der Waals surface area contributed by atoms with Crippen LogP contribution in [0.15, 0.2) is 47.5 Å². The van der Waals surface area contributed by atoms with E-state index in [9.17, 15) is 4.79 Å². The Bertz CT molecular complexity index is 854. The third-order valence-corrected chi connectivity index (χ3v) is 3.41. The summed E-state index contributed by atoms with van der Waals surface area (Å²) in [6, 6.07) is 9.46. The molecule has 106 valence electrons. The quantitative estimate of drug-likeness (QED) is 0.743. The zero-order valence-corrected chi connectivity index (χ0v) is 12.3. The Morgan fingerprint density at radius 3 is 2.71 bits per heavy atom. The van der Waals surface area contributed by atoms with Crippen molar-refractivity contribution >= 4 is 10.8 Å². The predicted molar refractivity (Wildman–Crippen MR) is 84.3 cm³/mol. The van der Waals surface area contributed by atoms with E-state index < -0.39 is 0 Å². The molecule has 3 aromatic rings. The van der Waals surface area contributed by atoms with Gasteiger partial charge in [-0.05, 0) is 11.5 Å². The summed E-state index contributed by atoms with van der Waals surface area (Å²) in [4.78, 5) is 23.6. The van der Waals surface area contributed by atoms with Crippen LogP contribution >= 0.6 is 0 Å². The summed E-state index contributed by atoms with van der Waals surface area (Å²) in [7, 11) is 0. The Kier molecular flexibility index (Phi) is 3.09. The van der Waals surface area contributed by atoms with E-state index in [0.29, 0.717) is 11.5 Å². The van der Waals surface area contributed by atoms with Gasteiger partial charge >= 0.3 is 0 Å². The highest BCUT2D eigenvalue weighted by molar-refractivity contribution is 5.95. The molecule has 0 aliphatic rings. The fourth-order valence-electron chi connectivity index (χ4n) is 2.29. The van der Waals surface area contributed by atoms with Gasteiger partial charge in [0, 0.05) is 34.8 Å². The number of pyridine rings is 1. The van der Waals surface area contributed by atoms with E-state index in [1.165, 1.54) is 6.07 Å². The lowest BCUT2D eigenvalue weighted by Crippen LogP contribution is -2.21. The monoisotopic (exact) mass is 279 g/mol. The Labute approximate surface area is 122 Å². The molecule has 4 nitrogen and oxygen atoms in total. The maximum absolute atomic E-state index is 12.0. The zero-order valence-electron chi connectivity index (χ0n) is 12.3. The molecule has 0 spiro atoms. The topological polar surface area (TPSA) is 58.6 Å². The molecule has 2 heterocycles. The van der Waals surface area contributed by atoms with Crippen LogP contribution in [0.2, 0.25) is 0 Å². The molecule has 3 rings (SSSR count). The van der Waals surface area contributed by atoms with Crippen LogP contribution in [-0.2, 0) is 5.41 Å². The number of H-pyrrole nitrogens is 1. The molecule has 21 heavy (non-hydrogen) atoms. The Morgan fingerprint density at radius 2 is 1.95 bits per heavy atom. The van der Waals surface area contributed by atoms with E-state index in [2.05, 4.69) is 15.0 Å². The van der Waals surface area contributed by atoms with E-state index in [1.54, 1.807) is 6.20 Å². The molecule has 0 saturated heterocycles. The Morgan fingerprint density at radius 1 is 1.14 bits per heavy atom. The lowest BCUT2D eigenvalue weighted by molar-refractivity contribution is 0.543. The highest BCUT2D eigenvalue weighted by Crippen LogP contribution is 2.27. The Balaban J connectivity index is 2.29. The second-order valence-electron chi connectivity index (χ2n) is 6.13. The van der Waals surface area contributed by atoms with Crippen molar-refractivity contribution in [3.05, 3.63) is 58.9 Å². The molecule has 1 aromatic carbocycles. The lowest BCUT2D eigenvalue weighted by Gasteiger charge is -2.18. The van der Waals surface area contributed by atoms with Crippen LogP contribution in [0.1, 0.15) is 26.6 Å².